The van der Waals surface area contributed by atoms with E-state index in [1.807, 2.05) is 0 Å². The van der Waals surface area contributed by atoms with Gasteiger partial charge in [0.05, 0.1) is 0 Å². The van der Waals surface area contributed by atoms with Gasteiger partial charge in [0, 0.05) is 6.54 Å². The van der Waals surface area contributed by atoms with Crippen LogP contribution in [0.15, 0.2) is 12.1 Å². The van der Waals surface area contributed by atoms with Crippen LogP contribution in [0.1, 0.15) is 35.1 Å². The van der Waals surface area contributed by atoms with E-state index < -0.39 is 0 Å². The minimum Gasteiger partial charge on any atom is -0.316 e. The molecule has 0 radical (unpaired) electrons. The highest BCUT2D eigenvalue weighted by Crippen LogP contribution is 2.15. The summed E-state index contributed by atoms with van der Waals surface area (Å²) in [5.41, 5.74) is 5.65. The second kappa shape index (κ2) is 6.35. The van der Waals surface area contributed by atoms with E-state index in [4.69, 9.17) is 0 Å². The number of aryl methyl sites for hydroxylation is 3. The predicted octanol–water partition coefficient (Wildman–Crippen LogP) is 2.70. The largest absolute Gasteiger partial charge is 0.316 e. The fourth-order valence-corrected chi connectivity index (χ4v) is 2.70. The van der Waals surface area contributed by atoms with Crippen LogP contribution in [-0.2, 0) is 6.54 Å². The van der Waals surface area contributed by atoms with Crippen molar-refractivity contribution < 1.29 is 0 Å². The zero-order chi connectivity index (χ0) is 13.0. The van der Waals surface area contributed by atoms with Crippen LogP contribution in [0.2, 0.25) is 0 Å². The molecule has 18 heavy (non-hydrogen) atoms. The van der Waals surface area contributed by atoms with Gasteiger partial charge >= 0.3 is 0 Å². The van der Waals surface area contributed by atoms with E-state index >= 15 is 0 Å². The number of nitrogens with one attached hydrogen (secondary N) is 2. The SMILES string of the molecule is Cc1cc(C)c(CNCCC2CCNC2)cc1C. The summed E-state index contributed by atoms with van der Waals surface area (Å²) in [5.74, 6) is 0.887. The van der Waals surface area contributed by atoms with Crippen LogP contribution in [0.5, 0.6) is 0 Å². The van der Waals surface area contributed by atoms with E-state index in [-0.39, 0.29) is 0 Å². The van der Waals surface area contributed by atoms with E-state index in [1.165, 1.54) is 48.2 Å². The summed E-state index contributed by atoms with van der Waals surface area (Å²) in [6.45, 7) is 11.2. The Morgan fingerprint density at radius 2 is 1.94 bits per heavy atom. The Balaban J connectivity index is 1.77. The quantitative estimate of drug-likeness (QED) is 0.781. The van der Waals surface area contributed by atoms with Crippen molar-refractivity contribution in [2.75, 3.05) is 19.6 Å². The van der Waals surface area contributed by atoms with E-state index in [2.05, 4.69) is 43.5 Å². The molecule has 100 valence electrons. The van der Waals surface area contributed by atoms with Gasteiger partial charge in [-0.05, 0) is 81.4 Å². The summed E-state index contributed by atoms with van der Waals surface area (Å²) in [5, 5.41) is 7.01. The Bertz CT molecular complexity index is 392. The number of hydrogen-bond acceptors (Lipinski definition) is 2. The lowest BCUT2D eigenvalue weighted by molar-refractivity contribution is 0.500. The normalized spacial score (nSPS) is 19.4. The van der Waals surface area contributed by atoms with Crippen molar-refractivity contribution in [2.24, 2.45) is 5.92 Å². The minimum atomic E-state index is 0.887. The Labute approximate surface area is 111 Å². The highest BCUT2D eigenvalue weighted by atomic mass is 14.9. The molecule has 1 atom stereocenters. The molecule has 1 aliphatic heterocycles. The van der Waals surface area contributed by atoms with Gasteiger partial charge in [-0.25, -0.2) is 0 Å². The highest BCUT2D eigenvalue weighted by Gasteiger charge is 2.13. The van der Waals surface area contributed by atoms with Gasteiger partial charge in [0.15, 0.2) is 0 Å². The lowest BCUT2D eigenvalue weighted by Crippen LogP contribution is -2.19. The Kier molecular flexibility index (Phi) is 4.79. The topological polar surface area (TPSA) is 24.1 Å². The van der Waals surface area contributed by atoms with Crippen LogP contribution < -0.4 is 10.6 Å². The molecule has 2 N–H and O–H groups in total. The first kappa shape index (κ1) is 13.6. The molecular weight excluding hydrogens is 220 g/mol. The van der Waals surface area contributed by atoms with Crippen molar-refractivity contribution in [1.29, 1.82) is 0 Å². The number of rotatable bonds is 5. The summed E-state index contributed by atoms with van der Waals surface area (Å²) in [7, 11) is 0. The fourth-order valence-electron chi connectivity index (χ4n) is 2.70. The number of benzene rings is 1. The molecule has 1 aromatic carbocycles. The third kappa shape index (κ3) is 3.56. The van der Waals surface area contributed by atoms with Gasteiger partial charge in [-0.1, -0.05) is 12.1 Å². The highest BCUT2D eigenvalue weighted by molar-refractivity contribution is 5.36. The van der Waals surface area contributed by atoms with Crippen molar-refractivity contribution >= 4 is 0 Å². The first-order chi connectivity index (χ1) is 8.66. The molecule has 2 nitrogen and oxygen atoms in total. The van der Waals surface area contributed by atoms with E-state index in [9.17, 15) is 0 Å². The van der Waals surface area contributed by atoms with Crippen molar-refractivity contribution in [3.63, 3.8) is 0 Å². The molecule has 1 unspecified atom stereocenters. The maximum Gasteiger partial charge on any atom is 0.0208 e. The van der Waals surface area contributed by atoms with Gasteiger partial charge in [0.1, 0.15) is 0 Å². The first-order valence-electron chi connectivity index (χ1n) is 7.15. The first-order valence-corrected chi connectivity index (χ1v) is 7.15. The molecule has 0 saturated carbocycles. The minimum absolute atomic E-state index is 0.887. The average Bonchev–Trinajstić information content (AvgIpc) is 2.84. The molecule has 0 aliphatic carbocycles. The monoisotopic (exact) mass is 246 g/mol. The van der Waals surface area contributed by atoms with Gasteiger partial charge in [0.2, 0.25) is 0 Å². The third-order valence-electron chi connectivity index (χ3n) is 4.16. The van der Waals surface area contributed by atoms with Crippen LogP contribution in [0.3, 0.4) is 0 Å². The zero-order valence-electron chi connectivity index (χ0n) is 12.0. The molecule has 0 bridgehead atoms. The van der Waals surface area contributed by atoms with Gasteiger partial charge in [-0.3, -0.25) is 0 Å². The van der Waals surface area contributed by atoms with Crippen LogP contribution in [0.25, 0.3) is 0 Å². The zero-order valence-corrected chi connectivity index (χ0v) is 12.0. The second-order valence-corrected chi connectivity index (χ2v) is 5.69. The van der Waals surface area contributed by atoms with Crippen LogP contribution in [0.4, 0.5) is 0 Å². The lowest BCUT2D eigenvalue weighted by Gasteiger charge is -2.12. The molecule has 1 aromatic rings. The molecular formula is C16H26N2. The molecule has 1 heterocycles. The lowest BCUT2D eigenvalue weighted by atomic mass is 10.0. The maximum absolute atomic E-state index is 3.59. The van der Waals surface area contributed by atoms with Crippen LogP contribution in [-0.4, -0.2) is 19.6 Å². The Morgan fingerprint density at radius 3 is 2.67 bits per heavy atom. The van der Waals surface area contributed by atoms with Gasteiger partial charge in [-0.2, -0.15) is 0 Å². The van der Waals surface area contributed by atoms with Crippen LogP contribution in [0, 0.1) is 26.7 Å². The van der Waals surface area contributed by atoms with Gasteiger partial charge < -0.3 is 10.6 Å². The summed E-state index contributed by atoms with van der Waals surface area (Å²) in [4.78, 5) is 0. The molecule has 1 aliphatic rings. The molecule has 1 saturated heterocycles. The average molecular weight is 246 g/mol. The molecule has 2 rings (SSSR count). The van der Waals surface area contributed by atoms with Crippen molar-refractivity contribution in [1.82, 2.24) is 10.6 Å². The molecule has 0 spiro atoms. The smallest absolute Gasteiger partial charge is 0.0208 e. The van der Waals surface area contributed by atoms with E-state index in [1.54, 1.807) is 0 Å². The van der Waals surface area contributed by atoms with Crippen molar-refractivity contribution in [3.05, 3.63) is 34.4 Å². The van der Waals surface area contributed by atoms with Crippen molar-refractivity contribution in [3.8, 4) is 0 Å². The molecule has 0 amide bonds. The molecule has 0 aromatic heterocycles. The van der Waals surface area contributed by atoms with Gasteiger partial charge in [-0.15, -0.1) is 0 Å². The van der Waals surface area contributed by atoms with Crippen molar-refractivity contribution in [2.45, 2.75) is 40.2 Å². The molecule has 1 fully saturated rings. The summed E-state index contributed by atoms with van der Waals surface area (Å²) < 4.78 is 0. The summed E-state index contributed by atoms with van der Waals surface area (Å²) in [6, 6.07) is 4.63. The standard InChI is InChI=1S/C16H26N2/c1-12-8-14(3)16(9-13(12)2)11-18-7-5-15-4-6-17-10-15/h8-9,15,17-18H,4-7,10-11H2,1-3H3. The fraction of sp³-hybridized carbons (Fsp3) is 0.625. The van der Waals surface area contributed by atoms with E-state index in [0.29, 0.717) is 0 Å². The second-order valence-electron chi connectivity index (χ2n) is 5.69. The summed E-state index contributed by atoms with van der Waals surface area (Å²) >= 11 is 0. The van der Waals surface area contributed by atoms with Gasteiger partial charge in [0.25, 0.3) is 0 Å². The van der Waals surface area contributed by atoms with E-state index in [0.717, 1.165) is 19.0 Å². The predicted molar refractivity (Wildman–Crippen MR) is 78.0 cm³/mol. The molecule has 2 heteroatoms. The maximum atomic E-state index is 3.59. The van der Waals surface area contributed by atoms with Crippen LogP contribution >= 0.6 is 0 Å². The Hall–Kier alpha value is -0.860. The summed E-state index contributed by atoms with van der Waals surface area (Å²) in [6.07, 6.45) is 2.65. The Morgan fingerprint density at radius 1 is 1.17 bits per heavy atom. The third-order valence-corrected chi connectivity index (χ3v) is 4.16. The number of hydrogen-bond donors (Lipinski definition) is 2.